The molecule has 0 aromatic carbocycles. The van der Waals surface area contributed by atoms with Crippen molar-refractivity contribution in [1.29, 1.82) is 0 Å². The van der Waals surface area contributed by atoms with Gasteiger partial charge in [-0.2, -0.15) is 0 Å². The van der Waals surface area contributed by atoms with Gasteiger partial charge in [-0.05, 0) is 43.3 Å². The van der Waals surface area contributed by atoms with Crippen molar-refractivity contribution in [3.8, 4) is 0 Å². The molecule has 166 valence electrons. The van der Waals surface area contributed by atoms with Gasteiger partial charge in [-0.3, -0.25) is 4.90 Å². The topological polar surface area (TPSA) is 83.8 Å². The van der Waals surface area contributed by atoms with Crippen LogP contribution in [-0.4, -0.2) is 36.1 Å². The van der Waals surface area contributed by atoms with Crippen LogP contribution in [0.5, 0.6) is 0 Å². The highest BCUT2D eigenvalue weighted by molar-refractivity contribution is 7.10. The van der Waals surface area contributed by atoms with Crippen LogP contribution in [0.15, 0.2) is 51.6 Å². The molecule has 1 saturated carbocycles. The minimum absolute atomic E-state index is 0.277. The van der Waals surface area contributed by atoms with Crippen molar-refractivity contribution in [1.82, 2.24) is 15.5 Å². The van der Waals surface area contributed by atoms with Crippen molar-refractivity contribution in [3.63, 3.8) is 0 Å². The number of thiophene rings is 1. The number of hydrogen-bond acceptors (Lipinski definition) is 6. The Balaban J connectivity index is 1.68. The lowest BCUT2D eigenvalue weighted by molar-refractivity contribution is -0.139. The summed E-state index contributed by atoms with van der Waals surface area (Å²) in [5.41, 5.74) is 1.09. The molecule has 2 aromatic heterocycles. The molecule has 31 heavy (non-hydrogen) atoms. The minimum atomic E-state index is -0.514. The summed E-state index contributed by atoms with van der Waals surface area (Å²) in [6.45, 7) is 3.15. The fraction of sp³-hybridized carbons (Fsp3) is 0.478. The average Bonchev–Trinajstić information content (AvgIpc) is 3.48. The van der Waals surface area contributed by atoms with E-state index in [9.17, 15) is 9.59 Å². The second-order valence-corrected chi connectivity index (χ2v) is 8.92. The molecule has 4 rings (SSSR count). The number of nitrogens with zero attached hydrogens (tertiary/aromatic N) is 1. The van der Waals surface area contributed by atoms with Gasteiger partial charge in [0.15, 0.2) is 0 Å². The fourth-order valence-electron chi connectivity index (χ4n) is 4.43. The number of ether oxygens (including phenoxy) is 1. The van der Waals surface area contributed by atoms with E-state index in [0.717, 1.165) is 23.5 Å². The summed E-state index contributed by atoms with van der Waals surface area (Å²) in [7, 11) is 0. The van der Waals surface area contributed by atoms with E-state index in [2.05, 4.69) is 15.5 Å². The fourth-order valence-corrected chi connectivity index (χ4v) is 5.21. The molecule has 2 aromatic rings. The van der Waals surface area contributed by atoms with Crippen molar-refractivity contribution in [3.05, 3.63) is 57.8 Å². The molecule has 0 radical (unpaired) electrons. The first kappa shape index (κ1) is 21.6. The Kier molecular flexibility index (Phi) is 7.09. The Labute approximate surface area is 186 Å². The molecule has 0 saturated heterocycles. The van der Waals surface area contributed by atoms with Gasteiger partial charge in [-0.15, -0.1) is 11.3 Å². The van der Waals surface area contributed by atoms with E-state index in [1.165, 1.54) is 30.6 Å². The van der Waals surface area contributed by atoms with Crippen LogP contribution in [0.1, 0.15) is 55.7 Å². The van der Waals surface area contributed by atoms with Gasteiger partial charge in [0.2, 0.25) is 0 Å². The molecule has 1 aliphatic heterocycles. The van der Waals surface area contributed by atoms with Crippen LogP contribution >= 0.6 is 11.3 Å². The van der Waals surface area contributed by atoms with Crippen LogP contribution in [0.3, 0.4) is 0 Å². The lowest BCUT2D eigenvalue weighted by Gasteiger charge is -2.36. The molecule has 1 fully saturated rings. The van der Waals surface area contributed by atoms with Crippen LogP contribution in [0.2, 0.25) is 0 Å². The zero-order valence-corrected chi connectivity index (χ0v) is 18.6. The highest BCUT2D eigenvalue weighted by Crippen LogP contribution is 2.32. The van der Waals surface area contributed by atoms with E-state index in [0.29, 0.717) is 30.4 Å². The van der Waals surface area contributed by atoms with E-state index in [4.69, 9.17) is 9.15 Å². The summed E-state index contributed by atoms with van der Waals surface area (Å²) in [5, 5.41) is 7.75. The van der Waals surface area contributed by atoms with Crippen molar-refractivity contribution in [2.45, 2.75) is 57.7 Å². The number of carbonyl (C=O) groups is 2. The summed E-state index contributed by atoms with van der Waals surface area (Å²) in [6, 6.07) is 7.26. The monoisotopic (exact) mass is 443 g/mol. The van der Waals surface area contributed by atoms with Crippen LogP contribution in [0.25, 0.3) is 0 Å². The molecule has 2 N–H and O–H groups in total. The van der Waals surface area contributed by atoms with Crippen molar-refractivity contribution < 1.29 is 18.7 Å². The van der Waals surface area contributed by atoms with Gasteiger partial charge in [0.25, 0.3) is 0 Å². The van der Waals surface area contributed by atoms with Crippen molar-refractivity contribution in [2.24, 2.45) is 0 Å². The zero-order chi connectivity index (χ0) is 21.6. The Morgan fingerprint density at radius 3 is 2.74 bits per heavy atom. The molecular formula is C23H29N3O4S. The quantitative estimate of drug-likeness (QED) is 0.593. The molecule has 8 heteroatoms. The number of furan rings is 1. The molecule has 0 bridgehead atoms. The van der Waals surface area contributed by atoms with Gasteiger partial charge in [0, 0.05) is 23.2 Å². The summed E-state index contributed by atoms with van der Waals surface area (Å²) in [4.78, 5) is 28.8. The van der Waals surface area contributed by atoms with Gasteiger partial charge in [0.1, 0.15) is 5.76 Å². The maximum Gasteiger partial charge on any atom is 0.338 e. The number of rotatable bonds is 8. The van der Waals surface area contributed by atoms with Crippen LogP contribution in [0.4, 0.5) is 4.79 Å². The molecule has 3 heterocycles. The number of urea groups is 1. The Hall–Kier alpha value is -2.58. The van der Waals surface area contributed by atoms with E-state index in [-0.39, 0.29) is 12.6 Å². The largest absolute Gasteiger partial charge is 0.468 e. The zero-order valence-electron chi connectivity index (χ0n) is 17.8. The van der Waals surface area contributed by atoms with Crippen molar-refractivity contribution in [2.75, 3.05) is 13.2 Å². The number of hydrogen-bond donors (Lipinski definition) is 2. The van der Waals surface area contributed by atoms with E-state index in [1.54, 1.807) is 13.2 Å². The molecule has 1 aliphatic carbocycles. The van der Waals surface area contributed by atoms with E-state index >= 15 is 0 Å². The Morgan fingerprint density at radius 1 is 1.23 bits per heavy atom. The SMILES string of the molecule is CCOC(=O)C1=C(CN(Cc2ccco2)C2CCCCC2)NC(=O)N[C@@H]1c1cccs1. The number of carbonyl (C=O) groups excluding carboxylic acids is 2. The first-order chi connectivity index (χ1) is 15.2. The molecule has 1 atom stereocenters. The molecule has 0 unspecified atom stereocenters. The molecule has 7 nitrogen and oxygen atoms in total. The van der Waals surface area contributed by atoms with Gasteiger partial charge >= 0.3 is 12.0 Å². The maximum absolute atomic E-state index is 13.0. The molecular weight excluding hydrogens is 414 g/mol. The second-order valence-electron chi connectivity index (χ2n) is 7.94. The predicted molar refractivity (Wildman–Crippen MR) is 118 cm³/mol. The molecule has 2 aliphatic rings. The van der Waals surface area contributed by atoms with Crippen LogP contribution in [-0.2, 0) is 16.1 Å². The first-order valence-corrected chi connectivity index (χ1v) is 11.8. The Morgan fingerprint density at radius 2 is 2.06 bits per heavy atom. The number of esters is 1. The molecule has 0 spiro atoms. The van der Waals surface area contributed by atoms with E-state index in [1.807, 2.05) is 29.6 Å². The molecule has 2 amide bonds. The third-order valence-electron chi connectivity index (χ3n) is 5.87. The third-order valence-corrected chi connectivity index (χ3v) is 6.81. The highest BCUT2D eigenvalue weighted by atomic mass is 32.1. The number of amides is 2. The maximum atomic E-state index is 13.0. The summed E-state index contributed by atoms with van der Waals surface area (Å²) < 4.78 is 11.0. The minimum Gasteiger partial charge on any atom is -0.468 e. The van der Waals surface area contributed by atoms with Crippen LogP contribution < -0.4 is 10.6 Å². The van der Waals surface area contributed by atoms with Gasteiger partial charge in [0.05, 0.1) is 31.0 Å². The lowest BCUT2D eigenvalue weighted by atomic mass is 9.93. The predicted octanol–water partition coefficient (Wildman–Crippen LogP) is 4.35. The summed E-state index contributed by atoms with van der Waals surface area (Å²) in [5.74, 6) is 0.476. The summed E-state index contributed by atoms with van der Waals surface area (Å²) in [6.07, 6.45) is 7.51. The average molecular weight is 444 g/mol. The normalized spacial score (nSPS) is 19.9. The highest BCUT2D eigenvalue weighted by Gasteiger charge is 2.36. The standard InChI is InChI=1S/C23H29N3O4S/c1-2-29-22(27)20-18(24-23(28)25-21(20)19-11-7-13-31-19)15-26(14-17-10-6-12-30-17)16-8-4-3-5-9-16/h6-7,10-13,16,21H,2-5,8-9,14-15H2,1H3,(H2,24,25,28)/t21-/m1/s1. The van der Waals surface area contributed by atoms with Crippen molar-refractivity contribution >= 4 is 23.3 Å². The van der Waals surface area contributed by atoms with Gasteiger partial charge in [-0.1, -0.05) is 25.3 Å². The van der Waals surface area contributed by atoms with Gasteiger partial charge in [-0.25, -0.2) is 9.59 Å². The lowest BCUT2D eigenvalue weighted by Crippen LogP contribution is -2.49. The van der Waals surface area contributed by atoms with E-state index < -0.39 is 12.0 Å². The van der Waals surface area contributed by atoms with Gasteiger partial charge < -0.3 is 19.8 Å². The Bertz CT molecular complexity index is 901. The number of nitrogens with one attached hydrogen (secondary N) is 2. The second kappa shape index (κ2) is 10.2. The van der Waals surface area contributed by atoms with Crippen LogP contribution in [0, 0.1) is 0 Å². The first-order valence-electron chi connectivity index (χ1n) is 10.9. The summed E-state index contributed by atoms with van der Waals surface area (Å²) >= 11 is 1.51. The smallest absolute Gasteiger partial charge is 0.338 e. The third kappa shape index (κ3) is 5.19.